The second-order valence-electron chi connectivity index (χ2n) is 7.50. The Labute approximate surface area is 197 Å². The lowest BCUT2D eigenvalue weighted by atomic mass is 9.83. The van der Waals surface area contributed by atoms with E-state index in [-0.39, 0.29) is 11.8 Å². The third-order valence-electron chi connectivity index (χ3n) is 5.43. The third kappa shape index (κ3) is 4.77. The lowest BCUT2D eigenvalue weighted by Crippen LogP contribution is -2.21. The maximum absolute atomic E-state index is 12.3. The van der Waals surface area contributed by atoms with Gasteiger partial charge in [-0.05, 0) is 41.3 Å². The first-order valence-corrected chi connectivity index (χ1v) is 10.8. The molecule has 0 saturated heterocycles. The molecule has 6 heteroatoms. The largest absolute Gasteiger partial charge is 0.440 e. The summed E-state index contributed by atoms with van der Waals surface area (Å²) in [6.45, 7) is 2.09. The number of ether oxygens (including phenoxy) is 2. The van der Waals surface area contributed by atoms with Crippen LogP contribution in [-0.4, -0.2) is 5.97 Å². The Kier molecular flexibility index (Phi) is 6.48. The topological polar surface area (TPSA) is 85.3 Å². The fourth-order valence-corrected chi connectivity index (χ4v) is 3.90. The van der Waals surface area contributed by atoms with E-state index in [0.717, 1.165) is 17.5 Å². The second-order valence-corrected chi connectivity index (χ2v) is 7.90. The highest BCUT2D eigenvalue weighted by atomic mass is 35.5. The van der Waals surface area contributed by atoms with Crippen molar-refractivity contribution in [1.82, 2.24) is 0 Å². The first kappa shape index (κ1) is 22.2. The zero-order valence-corrected chi connectivity index (χ0v) is 18.7. The summed E-state index contributed by atoms with van der Waals surface area (Å²) in [5, 5.41) is 10.3. The van der Waals surface area contributed by atoms with E-state index in [2.05, 4.69) is 13.0 Å². The second kappa shape index (κ2) is 9.64. The molecule has 0 radical (unpaired) electrons. The number of esters is 1. The lowest BCUT2D eigenvalue weighted by Gasteiger charge is -2.26. The van der Waals surface area contributed by atoms with Gasteiger partial charge in [0.2, 0.25) is 5.88 Å². The van der Waals surface area contributed by atoms with Crippen LogP contribution >= 0.6 is 11.6 Å². The smallest absolute Gasteiger partial charge is 0.336 e. The molecule has 0 aliphatic carbocycles. The van der Waals surface area contributed by atoms with Gasteiger partial charge < -0.3 is 15.2 Å². The first-order valence-electron chi connectivity index (χ1n) is 10.4. The van der Waals surface area contributed by atoms with Gasteiger partial charge in [0.1, 0.15) is 23.1 Å². The highest BCUT2D eigenvalue weighted by Gasteiger charge is 2.31. The van der Waals surface area contributed by atoms with Crippen LogP contribution in [0.15, 0.2) is 84.3 Å². The monoisotopic (exact) mass is 456 g/mol. The fourth-order valence-electron chi connectivity index (χ4n) is 3.71. The standard InChI is InChI=1S/C27H21ClN2O3/c1-2-17-7-9-19(10-8-17)26-21-13-12-20(15-24(21)33-27(30)22(26)16-29)32-25(31)14-11-18-5-3-4-6-23(18)28/h3-15,26H,2,30H2,1H3/b14-11+. The predicted molar refractivity (Wildman–Crippen MR) is 128 cm³/mol. The van der Waals surface area contributed by atoms with Gasteiger partial charge in [-0.3, -0.25) is 0 Å². The maximum atomic E-state index is 12.3. The van der Waals surface area contributed by atoms with Gasteiger partial charge in [0.25, 0.3) is 0 Å². The molecular weight excluding hydrogens is 436 g/mol. The molecule has 164 valence electrons. The molecule has 5 nitrogen and oxygen atoms in total. The lowest BCUT2D eigenvalue weighted by molar-refractivity contribution is -0.128. The highest BCUT2D eigenvalue weighted by molar-refractivity contribution is 6.32. The van der Waals surface area contributed by atoms with Gasteiger partial charge in [-0.15, -0.1) is 0 Å². The molecule has 2 N–H and O–H groups in total. The molecule has 33 heavy (non-hydrogen) atoms. The molecule has 4 rings (SSSR count). The Morgan fingerprint density at radius 3 is 2.64 bits per heavy atom. The summed E-state index contributed by atoms with van der Waals surface area (Å²) < 4.78 is 11.1. The summed E-state index contributed by atoms with van der Waals surface area (Å²) in [5.41, 5.74) is 10.0. The Morgan fingerprint density at radius 2 is 1.94 bits per heavy atom. The van der Waals surface area contributed by atoms with Crippen LogP contribution in [0.5, 0.6) is 11.5 Å². The molecular formula is C27H21ClN2O3. The molecule has 3 aromatic carbocycles. The van der Waals surface area contributed by atoms with Crippen molar-refractivity contribution in [3.63, 3.8) is 0 Å². The Morgan fingerprint density at radius 1 is 1.18 bits per heavy atom. The Hall–Kier alpha value is -4.01. The summed E-state index contributed by atoms with van der Waals surface area (Å²) in [5.74, 6) is -0.142. The molecule has 1 aliphatic rings. The van der Waals surface area contributed by atoms with Gasteiger partial charge in [-0.25, -0.2) is 4.79 Å². The van der Waals surface area contributed by atoms with Crippen LogP contribution in [0.3, 0.4) is 0 Å². The average molecular weight is 457 g/mol. The van der Waals surface area contributed by atoms with Crippen LogP contribution in [0.4, 0.5) is 0 Å². The minimum absolute atomic E-state index is 0.0386. The van der Waals surface area contributed by atoms with Crippen LogP contribution in [0.25, 0.3) is 6.08 Å². The Balaban J connectivity index is 1.60. The number of aryl methyl sites for hydroxylation is 1. The van der Waals surface area contributed by atoms with Crippen LogP contribution in [-0.2, 0) is 11.2 Å². The number of hydrogen-bond donors (Lipinski definition) is 1. The quantitative estimate of drug-likeness (QED) is 0.300. The van der Waals surface area contributed by atoms with E-state index in [9.17, 15) is 10.1 Å². The minimum Gasteiger partial charge on any atom is -0.440 e. The number of halogens is 1. The van der Waals surface area contributed by atoms with Crippen molar-refractivity contribution in [2.24, 2.45) is 5.73 Å². The van der Waals surface area contributed by atoms with Gasteiger partial charge in [0, 0.05) is 22.7 Å². The first-order chi connectivity index (χ1) is 16.0. The number of rotatable bonds is 5. The van der Waals surface area contributed by atoms with Gasteiger partial charge in [0.05, 0.1) is 5.92 Å². The third-order valence-corrected chi connectivity index (χ3v) is 5.78. The number of nitriles is 1. The number of carbonyl (C=O) groups is 1. The number of hydrogen-bond acceptors (Lipinski definition) is 5. The van der Waals surface area contributed by atoms with Crippen molar-refractivity contribution < 1.29 is 14.3 Å². The normalized spacial score (nSPS) is 15.0. The fraction of sp³-hybridized carbons (Fsp3) is 0.111. The summed E-state index contributed by atoms with van der Waals surface area (Å²) >= 11 is 6.11. The van der Waals surface area contributed by atoms with Crippen molar-refractivity contribution in [2.75, 3.05) is 0 Å². The van der Waals surface area contributed by atoms with E-state index in [1.807, 2.05) is 36.4 Å². The molecule has 1 unspecified atom stereocenters. The van der Waals surface area contributed by atoms with Gasteiger partial charge >= 0.3 is 5.97 Å². The number of nitrogens with zero attached hydrogens (tertiary/aromatic N) is 1. The summed E-state index contributed by atoms with van der Waals surface area (Å²) in [4.78, 5) is 12.3. The molecule has 1 atom stereocenters. The van der Waals surface area contributed by atoms with E-state index in [1.54, 1.807) is 36.4 Å². The van der Waals surface area contributed by atoms with E-state index in [4.69, 9.17) is 26.8 Å². The van der Waals surface area contributed by atoms with Crippen LogP contribution in [0.1, 0.15) is 35.1 Å². The van der Waals surface area contributed by atoms with E-state index in [1.165, 1.54) is 11.6 Å². The van der Waals surface area contributed by atoms with E-state index >= 15 is 0 Å². The molecule has 0 aromatic heterocycles. The van der Waals surface area contributed by atoms with Gasteiger partial charge in [-0.2, -0.15) is 5.26 Å². The minimum atomic E-state index is -0.557. The molecule has 0 spiro atoms. The zero-order chi connectivity index (χ0) is 23.4. The summed E-state index contributed by atoms with van der Waals surface area (Å²) in [7, 11) is 0. The summed E-state index contributed by atoms with van der Waals surface area (Å²) in [6, 6.07) is 22.5. The molecule has 1 aliphatic heterocycles. The van der Waals surface area contributed by atoms with Gasteiger partial charge in [-0.1, -0.05) is 67.1 Å². The average Bonchev–Trinajstić information content (AvgIpc) is 2.82. The molecule has 1 heterocycles. The van der Waals surface area contributed by atoms with Crippen molar-refractivity contribution in [1.29, 1.82) is 5.26 Å². The number of allylic oxidation sites excluding steroid dienone is 1. The number of carbonyl (C=O) groups excluding carboxylic acids is 1. The van der Waals surface area contributed by atoms with Crippen molar-refractivity contribution in [3.05, 3.63) is 112 Å². The highest BCUT2D eigenvalue weighted by Crippen LogP contribution is 2.43. The van der Waals surface area contributed by atoms with E-state index < -0.39 is 5.97 Å². The van der Waals surface area contributed by atoms with Crippen LogP contribution < -0.4 is 15.2 Å². The predicted octanol–water partition coefficient (Wildman–Crippen LogP) is 5.74. The number of benzene rings is 3. The molecule has 0 amide bonds. The van der Waals surface area contributed by atoms with Crippen molar-refractivity contribution in [3.8, 4) is 17.6 Å². The van der Waals surface area contributed by atoms with Gasteiger partial charge in [0.15, 0.2) is 0 Å². The van der Waals surface area contributed by atoms with E-state index in [0.29, 0.717) is 27.7 Å². The maximum Gasteiger partial charge on any atom is 0.336 e. The van der Waals surface area contributed by atoms with Crippen LogP contribution in [0.2, 0.25) is 5.02 Å². The molecule has 0 bridgehead atoms. The molecule has 3 aromatic rings. The SMILES string of the molecule is CCc1ccc(C2C(C#N)=C(N)Oc3cc(OC(=O)/C=C/c4ccccc4Cl)ccc32)cc1. The number of fused-ring (bicyclic) bond motifs is 1. The van der Waals surface area contributed by atoms with Crippen molar-refractivity contribution in [2.45, 2.75) is 19.3 Å². The molecule has 0 fully saturated rings. The van der Waals surface area contributed by atoms with Crippen LogP contribution in [0, 0.1) is 11.3 Å². The molecule has 0 saturated carbocycles. The Bertz CT molecular complexity index is 1300. The summed E-state index contributed by atoms with van der Waals surface area (Å²) in [6.07, 6.45) is 3.82. The van der Waals surface area contributed by atoms with Crippen molar-refractivity contribution >= 4 is 23.6 Å². The zero-order valence-electron chi connectivity index (χ0n) is 17.9. The number of nitrogens with two attached hydrogens (primary N) is 1.